The Bertz CT molecular complexity index is 626. The van der Waals surface area contributed by atoms with Gasteiger partial charge in [-0.3, -0.25) is 0 Å². The highest BCUT2D eigenvalue weighted by molar-refractivity contribution is 5.76. The van der Waals surface area contributed by atoms with Gasteiger partial charge in [-0.05, 0) is 12.1 Å². The molecule has 16 heavy (non-hydrogen) atoms. The third-order valence-corrected chi connectivity index (χ3v) is 2.69. The van der Waals surface area contributed by atoms with Crippen molar-refractivity contribution in [3.8, 4) is 11.4 Å². The molecular formula is C13H11N3. The number of hydrogen-bond donors (Lipinski definition) is 0. The second-order valence-corrected chi connectivity index (χ2v) is 3.71. The number of nitrogens with zero attached hydrogens (tertiary/aromatic N) is 3. The van der Waals surface area contributed by atoms with Gasteiger partial charge < -0.3 is 4.57 Å². The second-order valence-electron chi connectivity index (χ2n) is 3.71. The van der Waals surface area contributed by atoms with Crippen LogP contribution in [0, 0.1) is 0 Å². The van der Waals surface area contributed by atoms with Crippen molar-refractivity contribution in [3.05, 3.63) is 48.7 Å². The Morgan fingerprint density at radius 2 is 1.81 bits per heavy atom. The molecular weight excluding hydrogens is 198 g/mol. The summed E-state index contributed by atoms with van der Waals surface area (Å²) in [4.78, 5) is 8.79. The number of hydrogen-bond acceptors (Lipinski definition) is 2. The van der Waals surface area contributed by atoms with E-state index in [1.807, 2.05) is 37.4 Å². The van der Waals surface area contributed by atoms with Crippen molar-refractivity contribution in [1.29, 1.82) is 0 Å². The Hall–Kier alpha value is -2.16. The number of imidazole rings is 1. The first-order chi connectivity index (χ1) is 7.86. The van der Waals surface area contributed by atoms with E-state index in [0.717, 1.165) is 22.6 Å². The molecule has 78 valence electrons. The van der Waals surface area contributed by atoms with E-state index in [-0.39, 0.29) is 0 Å². The lowest BCUT2D eigenvalue weighted by molar-refractivity contribution is 0.959. The van der Waals surface area contributed by atoms with Crippen LogP contribution in [0.15, 0.2) is 48.7 Å². The van der Waals surface area contributed by atoms with Crippen LogP contribution in [-0.4, -0.2) is 14.5 Å². The molecule has 3 heteroatoms. The second kappa shape index (κ2) is 3.45. The minimum atomic E-state index is 0.795. The van der Waals surface area contributed by atoms with Crippen LogP contribution < -0.4 is 0 Å². The molecule has 0 aliphatic rings. The summed E-state index contributed by atoms with van der Waals surface area (Å²) in [6.07, 6.45) is 1.77. The van der Waals surface area contributed by atoms with E-state index in [1.165, 1.54) is 0 Å². The number of aryl methyl sites for hydroxylation is 1. The van der Waals surface area contributed by atoms with Gasteiger partial charge in [-0.1, -0.05) is 30.3 Å². The lowest BCUT2D eigenvalue weighted by Gasteiger charge is -2.00. The molecule has 3 aromatic rings. The quantitative estimate of drug-likeness (QED) is 0.616. The molecule has 2 heterocycles. The normalized spacial score (nSPS) is 10.8. The highest BCUT2D eigenvalue weighted by Crippen LogP contribution is 2.21. The Labute approximate surface area is 93.4 Å². The van der Waals surface area contributed by atoms with Crippen LogP contribution in [0.4, 0.5) is 0 Å². The van der Waals surface area contributed by atoms with Crippen molar-refractivity contribution in [2.75, 3.05) is 0 Å². The largest absolute Gasteiger partial charge is 0.326 e. The minimum absolute atomic E-state index is 0.795. The first-order valence-electron chi connectivity index (χ1n) is 5.19. The molecule has 0 spiro atoms. The fourth-order valence-corrected chi connectivity index (χ4v) is 1.87. The lowest BCUT2D eigenvalue weighted by Crippen LogP contribution is -1.91. The predicted octanol–water partition coefficient (Wildman–Crippen LogP) is 2.64. The van der Waals surface area contributed by atoms with Gasteiger partial charge in [-0.15, -0.1) is 0 Å². The summed E-state index contributed by atoms with van der Waals surface area (Å²) >= 11 is 0. The van der Waals surface area contributed by atoms with E-state index >= 15 is 0 Å². The molecule has 0 N–H and O–H groups in total. The summed E-state index contributed by atoms with van der Waals surface area (Å²) in [6, 6.07) is 14.1. The number of aromatic nitrogens is 3. The summed E-state index contributed by atoms with van der Waals surface area (Å²) in [6.45, 7) is 0. The summed E-state index contributed by atoms with van der Waals surface area (Å²) < 4.78 is 2.07. The Balaban J connectivity index is 2.29. The van der Waals surface area contributed by atoms with Crippen LogP contribution in [0.2, 0.25) is 0 Å². The summed E-state index contributed by atoms with van der Waals surface area (Å²) in [7, 11) is 2.01. The highest BCUT2D eigenvalue weighted by Gasteiger charge is 2.08. The monoisotopic (exact) mass is 209 g/mol. The van der Waals surface area contributed by atoms with Crippen molar-refractivity contribution >= 4 is 11.2 Å². The maximum absolute atomic E-state index is 4.53. The number of fused-ring (bicyclic) bond motifs is 1. The van der Waals surface area contributed by atoms with Crippen molar-refractivity contribution in [2.45, 2.75) is 0 Å². The third kappa shape index (κ3) is 1.29. The van der Waals surface area contributed by atoms with Gasteiger partial charge in [0.05, 0.1) is 5.52 Å². The van der Waals surface area contributed by atoms with Crippen LogP contribution in [0.3, 0.4) is 0 Å². The van der Waals surface area contributed by atoms with Crippen LogP contribution >= 0.6 is 0 Å². The van der Waals surface area contributed by atoms with Gasteiger partial charge in [0.2, 0.25) is 0 Å². The third-order valence-electron chi connectivity index (χ3n) is 2.69. The number of rotatable bonds is 1. The first kappa shape index (κ1) is 9.09. The van der Waals surface area contributed by atoms with Crippen molar-refractivity contribution in [2.24, 2.45) is 7.05 Å². The average molecular weight is 209 g/mol. The van der Waals surface area contributed by atoms with Gasteiger partial charge in [0, 0.05) is 18.8 Å². The smallest absolute Gasteiger partial charge is 0.178 e. The fraction of sp³-hybridized carbons (Fsp3) is 0.0769. The molecule has 0 aliphatic heterocycles. The molecule has 1 aromatic carbocycles. The van der Waals surface area contributed by atoms with Gasteiger partial charge in [0.25, 0.3) is 0 Å². The van der Waals surface area contributed by atoms with Gasteiger partial charge in [0.15, 0.2) is 5.65 Å². The molecule has 0 unspecified atom stereocenters. The van der Waals surface area contributed by atoms with E-state index in [9.17, 15) is 0 Å². The minimum Gasteiger partial charge on any atom is -0.326 e. The van der Waals surface area contributed by atoms with Crippen molar-refractivity contribution < 1.29 is 0 Å². The average Bonchev–Trinajstić information content (AvgIpc) is 2.69. The van der Waals surface area contributed by atoms with E-state index < -0.39 is 0 Å². The van der Waals surface area contributed by atoms with Crippen LogP contribution in [-0.2, 0) is 7.05 Å². The van der Waals surface area contributed by atoms with Gasteiger partial charge in [0.1, 0.15) is 5.82 Å². The highest BCUT2D eigenvalue weighted by atomic mass is 15.1. The zero-order chi connectivity index (χ0) is 11.0. The molecule has 0 bridgehead atoms. The molecule has 0 radical (unpaired) electrons. The van der Waals surface area contributed by atoms with Crippen molar-refractivity contribution in [1.82, 2.24) is 14.5 Å². The molecule has 0 saturated heterocycles. The first-order valence-corrected chi connectivity index (χ1v) is 5.19. The van der Waals surface area contributed by atoms with Gasteiger partial charge in [-0.2, -0.15) is 0 Å². The van der Waals surface area contributed by atoms with E-state index in [1.54, 1.807) is 6.20 Å². The number of benzene rings is 1. The molecule has 3 rings (SSSR count). The van der Waals surface area contributed by atoms with Gasteiger partial charge >= 0.3 is 0 Å². The topological polar surface area (TPSA) is 30.7 Å². The standard InChI is InChI=1S/C13H11N3/c1-16-11-8-5-9-14-12(11)15-13(16)10-6-3-2-4-7-10/h2-9H,1H3. The zero-order valence-electron chi connectivity index (χ0n) is 8.96. The molecule has 0 fully saturated rings. The van der Waals surface area contributed by atoms with Crippen LogP contribution in [0.5, 0.6) is 0 Å². The zero-order valence-corrected chi connectivity index (χ0v) is 8.96. The molecule has 0 atom stereocenters. The molecule has 0 saturated carbocycles. The van der Waals surface area contributed by atoms with Crippen molar-refractivity contribution in [3.63, 3.8) is 0 Å². The van der Waals surface area contributed by atoms with E-state index in [2.05, 4.69) is 26.7 Å². The van der Waals surface area contributed by atoms with Gasteiger partial charge in [-0.25, -0.2) is 9.97 Å². The molecule has 0 aliphatic carbocycles. The molecule has 2 aromatic heterocycles. The van der Waals surface area contributed by atoms with E-state index in [4.69, 9.17) is 0 Å². The Kier molecular flexibility index (Phi) is 1.96. The molecule has 3 nitrogen and oxygen atoms in total. The lowest BCUT2D eigenvalue weighted by atomic mass is 10.2. The SMILES string of the molecule is Cn1c(-c2ccccc2)nc2ncccc21. The fourth-order valence-electron chi connectivity index (χ4n) is 1.87. The van der Waals surface area contributed by atoms with Crippen LogP contribution in [0.25, 0.3) is 22.6 Å². The predicted molar refractivity (Wildman–Crippen MR) is 63.9 cm³/mol. The maximum Gasteiger partial charge on any atom is 0.178 e. The Morgan fingerprint density at radius 1 is 1.00 bits per heavy atom. The summed E-state index contributed by atoms with van der Waals surface area (Å²) in [5, 5.41) is 0. The number of pyridine rings is 1. The maximum atomic E-state index is 4.53. The summed E-state index contributed by atoms with van der Waals surface area (Å²) in [5.41, 5.74) is 2.97. The van der Waals surface area contributed by atoms with Crippen LogP contribution in [0.1, 0.15) is 0 Å². The van der Waals surface area contributed by atoms with E-state index in [0.29, 0.717) is 0 Å². The molecule has 0 amide bonds. The summed E-state index contributed by atoms with van der Waals surface area (Å²) in [5.74, 6) is 0.953. The Morgan fingerprint density at radius 3 is 2.56 bits per heavy atom.